The summed E-state index contributed by atoms with van der Waals surface area (Å²) in [6, 6.07) is 0.550. The number of aliphatic carboxylic acids is 1. The molecule has 0 aliphatic carbocycles. The molecule has 2 atom stereocenters. The van der Waals surface area contributed by atoms with Crippen molar-refractivity contribution in [3.05, 3.63) is 0 Å². The Hall–Kier alpha value is -0.570. The summed E-state index contributed by atoms with van der Waals surface area (Å²) in [6.07, 6.45) is 8.31. The summed E-state index contributed by atoms with van der Waals surface area (Å²) in [7, 11) is 0. The molecule has 0 aromatic heterocycles. The monoisotopic (exact) mass is 241 g/mol. The molecular weight excluding hydrogens is 214 g/mol. The van der Waals surface area contributed by atoms with Crippen LogP contribution >= 0.6 is 0 Å². The Labute approximate surface area is 105 Å². The number of carbonyl (C=O) groups is 1. The van der Waals surface area contributed by atoms with Gasteiger partial charge in [0.05, 0.1) is 5.92 Å². The zero-order valence-electron chi connectivity index (χ0n) is 11.3. The van der Waals surface area contributed by atoms with Crippen LogP contribution in [0, 0.1) is 5.92 Å². The second kappa shape index (κ2) is 7.70. The van der Waals surface area contributed by atoms with Crippen LogP contribution in [0.5, 0.6) is 0 Å². The highest BCUT2D eigenvalue weighted by molar-refractivity contribution is 5.70. The standard InChI is InChI=1S/C14H27NO2/c1-3-4-5-6-8-12(2)15-10-7-9-13(11-15)14(16)17/h12-13H,3-11H2,1-2H3,(H,16,17). The first-order valence-electron chi connectivity index (χ1n) is 7.12. The lowest BCUT2D eigenvalue weighted by molar-refractivity contribution is -0.143. The molecule has 1 N–H and O–H groups in total. The van der Waals surface area contributed by atoms with Gasteiger partial charge in [-0.2, -0.15) is 0 Å². The molecule has 0 bridgehead atoms. The molecular formula is C14H27NO2. The zero-order valence-corrected chi connectivity index (χ0v) is 11.3. The summed E-state index contributed by atoms with van der Waals surface area (Å²) in [5, 5.41) is 9.06. The summed E-state index contributed by atoms with van der Waals surface area (Å²) in [5.41, 5.74) is 0. The highest BCUT2D eigenvalue weighted by Crippen LogP contribution is 2.21. The third kappa shape index (κ3) is 5.07. The van der Waals surface area contributed by atoms with E-state index in [1.165, 1.54) is 32.1 Å². The number of hydrogen-bond acceptors (Lipinski definition) is 2. The van der Waals surface area contributed by atoms with Crippen LogP contribution in [0.2, 0.25) is 0 Å². The number of piperidine rings is 1. The van der Waals surface area contributed by atoms with Crippen molar-refractivity contribution >= 4 is 5.97 Å². The van der Waals surface area contributed by atoms with Crippen LogP contribution in [0.3, 0.4) is 0 Å². The Morgan fingerprint density at radius 1 is 1.41 bits per heavy atom. The Bertz CT molecular complexity index is 230. The highest BCUT2D eigenvalue weighted by atomic mass is 16.4. The van der Waals surface area contributed by atoms with E-state index in [0.717, 1.165) is 25.9 Å². The topological polar surface area (TPSA) is 40.5 Å². The second-order valence-electron chi connectivity index (χ2n) is 5.37. The van der Waals surface area contributed by atoms with E-state index in [4.69, 9.17) is 5.11 Å². The molecule has 0 aromatic rings. The van der Waals surface area contributed by atoms with Crippen molar-refractivity contribution in [3.63, 3.8) is 0 Å². The third-order valence-corrected chi connectivity index (χ3v) is 3.90. The maximum absolute atomic E-state index is 11.0. The van der Waals surface area contributed by atoms with Crippen molar-refractivity contribution in [3.8, 4) is 0 Å². The molecule has 2 unspecified atom stereocenters. The van der Waals surface area contributed by atoms with Crippen molar-refractivity contribution in [1.29, 1.82) is 0 Å². The van der Waals surface area contributed by atoms with E-state index in [0.29, 0.717) is 6.04 Å². The van der Waals surface area contributed by atoms with Crippen LogP contribution < -0.4 is 0 Å². The summed E-state index contributed by atoms with van der Waals surface area (Å²) in [5.74, 6) is -0.755. The molecule has 17 heavy (non-hydrogen) atoms. The van der Waals surface area contributed by atoms with E-state index < -0.39 is 5.97 Å². The lowest BCUT2D eigenvalue weighted by Gasteiger charge is -2.35. The maximum Gasteiger partial charge on any atom is 0.307 e. The Morgan fingerprint density at radius 2 is 2.18 bits per heavy atom. The molecule has 1 rings (SSSR count). The van der Waals surface area contributed by atoms with Crippen LogP contribution in [-0.2, 0) is 4.79 Å². The first-order valence-corrected chi connectivity index (χ1v) is 7.12. The van der Waals surface area contributed by atoms with Crippen LogP contribution in [0.25, 0.3) is 0 Å². The van der Waals surface area contributed by atoms with Crippen LogP contribution in [-0.4, -0.2) is 35.1 Å². The molecule has 0 amide bonds. The van der Waals surface area contributed by atoms with Crippen LogP contribution in [0.1, 0.15) is 58.8 Å². The SMILES string of the molecule is CCCCCCC(C)N1CCCC(C(=O)O)C1. The van der Waals surface area contributed by atoms with Crippen molar-refractivity contribution in [2.24, 2.45) is 5.92 Å². The molecule has 1 heterocycles. The molecule has 0 aromatic carbocycles. The molecule has 0 saturated carbocycles. The normalized spacial score (nSPS) is 23.5. The largest absolute Gasteiger partial charge is 0.481 e. The number of unbranched alkanes of at least 4 members (excludes halogenated alkanes) is 3. The van der Waals surface area contributed by atoms with E-state index in [9.17, 15) is 4.79 Å². The van der Waals surface area contributed by atoms with E-state index in [2.05, 4.69) is 18.7 Å². The smallest absolute Gasteiger partial charge is 0.307 e. The van der Waals surface area contributed by atoms with Gasteiger partial charge >= 0.3 is 5.97 Å². The van der Waals surface area contributed by atoms with Gasteiger partial charge in [0.2, 0.25) is 0 Å². The van der Waals surface area contributed by atoms with Gasteiger partial charge in [-0.1, -0.05) is 32.6 Å². The molecule has 3 nitrogen and oxygen atoms in total. The van der Waals surface area contributed by atoms with Crippen molar-refractivity contribution < 1.29 is 9.90 Å². The summed E-state index contributed by atoms with van der Waals surface area (Å²) >= 11 is 0. The maximum atomic E-state index is 11.0. The van der Waals surface area contributed by atoms with Gasteiger partial charge in [0, 0.05) is 12.6 Å². The number of nitrogens with zero attached hydrogens (tertiary/aromatic N) is 1. The van der Waals surface area contributed by atoms with E-state index in [1.54, 1.807) is 0 Å². The summed E-state index contributed by atoms with van der Waals surface area (Å²) in [6.45, 7) is 6.31. The van der Waals surface area contributed by atoms with Crippen molar-refractivity contribution in [2.75, 3.05) is 13.1 Å². The highest BCUT2D eigenvalue weighted by Gasteiger charge is 2.27. The quantitative estimate of drug-likeness (QED) is 0.696. The molecule has 100 valence electrons. The summed E-state index contributed by atoms with van der Waals surface area (Å²) in [4.78, 5) is 13.4. The lowest BCUT2D eigenvalue weighted by Crippen LogP contribution is -2.43. The van der Waals surface area contributed by atoms with Gasteiger partial charge in [-0.3, -0.25) is 9.69 Å². The molecule has 1 aliphatic rings. The van der Waals surface area contributed by atoms with E-state index >= 15 is 0 Å². The fourth-order valence-corrected chi connectivity index (χ4v) is 2.66. The third-order valence-electron chi connectivity index (χ3n) is 3.90. The fraction of sp³-hybridized carbons (Fsp3) is 0.929. The predicted molar refractivity (Wildman–Crippen MR) is 70.2 cm³/mol. The predicted octanol–water partition coefficient (Wildman–Crippen LogP) is 3.14. The van der Waals surface area contributed by atoms with Gasteiger partial charge in [-0.05, 0) is 32.7 Å². The van der Waals surface area contributed by atoms with Gasteiger partial charge in [-0.15, -0.1) is 0 Å². The van der Waals surface area contributed by atoms with Gasteiger partial charge in [0.25, 0.3) is 0 Å². The Morgan fingerprint density at radius 3 is 2.82 bits per heavy atom. The zero-order chi connectivity index (χ0) is 12.7. The van der Waals surface area contributed by atoms with Gasteiger partial charge in [0.1, 0.15) is 0 Å². The van der Waals surface area contributed by atoms with Crippen molar-refractivity contribution in [2.45, 2.75) is 64.8 Å². The molecule has 1 aliphatic heterocycles. The average Bonchev–Trinajstić information content (AvgIpc) is 2.34. The van der Waals surface area contributed by atoms with Crippen LogP contribution in [0.15, 0.2) is 0 Å². The first kappa shape index (κ1) is 14.5. The van der Waals surface area contributed by atoms with Crippen molar-refractivity contribution in [1.82, 2.24) is 4.90 Å². The Kier molecular flexibility index (Phi) is 6.56. The van der Waals surface area contributed by atoms with Gasteiger partial charge in [0.15, 0.2) is 0 Å². The molecule has 1 fully saturated rings. The summed E-state index contributed by atoms with van der Waals surface area (Å²) < 4.78 is 0. The number of carboxylic acid groups (broad SMARTS) is 1. The minimum atomic E-state index is -0.618. The molecule has 0 radical (unpaired) electrons. The minimum absolute atomic E-state index is 0.137. The number of likely N-dealkylation sites (tertiary alicyclic amines) is 1. The second-order valence-corrected chi connectivity index (χ2v) is 5.37. The lowest BCUT2D eigenvalue weighted by atomic mass is 9.96. The number of rotatable bonds is 7. The molecule has 1 saturated heterocycles. The van der Waals surface area contributed by atoms with Gasteiger partial charge < -0.3 is 5.11 Å². The first-order chi connectivity index (χ1) is 8.15. The fourth-order valence-electron chi connectivity index (χ4n) is 2.66. The average molecular weight is 241 g/mol. The van der Waals surface area contributed by atoms with E-state index in [1.807, 2.05) is 0 Å². The molecule has 0 spiro atoms. The Balaban J connectivity index is 2.25. The number of hydrogen-bond donors (Lipinski definition) is 1. The van der Waals surface area contributed by atoms with E-state index in [-0.39, 0.29) is 5.92 Å². The minimum Gasteiger partial charge on any atom is -0.481 e. The van der Waals surface area contributed by atoms with Crippen LogP contribution in [0.4, 0.5) is 0 Å². The van der Waals surface area contributed by atoms with Gasteiger partial charge in [-0.25, -0.2) is 0 Å². The molecule has 3 heteroatoms. The number of carboxylic acids is 1.